The zero-order valence-electron chi connectivity index (χ0n) is 17.7. The molecule has 0 N–H and O–H groups in total. The fourth-order valence-electron chi connectivity index (χ4n) is 3.20. The Bertz CT molecular complexity index is 817. The number of ether oxygens (including phenoxy) is 3. The average molecular weight is 399 g/mol. The SMILES string of the molecule is Cc1ccc(OCC2CCCN(C(=O)OC(C)(C)C)C2)c(Oc2ccccc2)n1. The molecule has 1 aromatic carbocycles. The van der Waals surface area contributed by atoms with Crippen LogP contribution in [0, 0.1) is 12.8 Å². The van der Waals surface area contributed by atoms with Gasteiger partial charge >= 0.3 is 6.09 Å². The molecule has 0 radical (unpaired) electrons. The molecule has 0 bridgehead atoms. The van der Waals surface area contributed by atoms with E-state index in [4.69, 9.17) is 14.2 Å². The molecule has 0 aliphatic carbocycles. The first-order valence-electron chi connectivity index (χ1n) is 10.1. The maximum atomic E-state index is 12.4. The van der Waals surface area contributed by atoms with Crippen LogP contribution in [0.3, 0.4) is 0 Å². The molecule has 1 aromatic heterocycles. The number of benzene rings is 1. The quantitative estimate of drug-likeness (QED) is 0.692. The Balaban J connectivity index is 1.61. The highest BCUT2D eigenvalue weighted by atomic mass is 16.6. The van der Waals surface area contributed by atoms with Crippen molar-refractivity contribution in [3.63, 3.8) is 0 Å². The first-order chi connectivity index (χ1) is 13.8. The molecule has 3 rings (SSSR count). The zero-order valence-corrected chi connectivity index (χ0v) is 17.7. The van der Waals surface area contributed by atoms with E-state index in [1.165, 1.54) is 0 Å². The second kappa shape index (κ2) is 9.16. The third kappa shape index (κ3) is 6.38. The Labute approximate surface area is 172 Å². The van der Waals surface area contributed by atoms with E-state index in [1.807, 2.05) is 70.2 Å². The lowest BCUT2D eigenvalue weighted by molar-refractivity contribution is 0.0138. The maximum Gasteiger partial charge on any atom is 0.410 e. The minimum absolute atomic E-state index is 0.238. The standard InChI is InChI=1S/C23H30N2O4/c1-17-12-13-20(21(24-17)28-19-10-6-5-7-11-19)27-16-18-9-8-14-25(15-18)22(26)29-23(2,3)4/h5-7,10-13,18H,8-9,14-16H2,1-4H3. The van der Waals surface area contributed by atoms with Crippen LogP contribution in [-0.2, 0) is 4.74 Å². The number of piperidine rings is 1. The molecule has 1 unspecified atom stereocenters. The summed E-state index contributed by atoms with van der Waals surface area (Å²) in [6, 6.07) is 13.3. The van der Waals surface area contributed by atoms with Crippen molar-refractivity contribution >= 4 is 6.09 Å². The van der Waals surface area contributed by atoms with Gasteiger partial charge in [0.05, 0.1) is 6.61 Å². The van der Waals surface area contributed by atoms with Crippen LogP contribution in [0.25, 0.3) is 0 Å². The third-order valence-electron chi connectivity index (χ3n) is 4.57. The number of pyridine rings is 1. The number of carbonyl (C=O) groups excluding carboxylic acids is 1. The van der Waals surface area contributed by atoms with Crippen LogP contribution in [-0.4, -0.2) is 41.3 Å². The van der Waals surface area contributed by atoms with Crippen molar-refractivity contribution in [3.05, 3.63) is 48.2 Å². The molecule has 0 saturated carbocycles. The maximum absolute atomic E-state index is 12.4. The van der Waals surface area contributed by atoms with Gasteiger partial charge in [-0.3, -0.25) is 0 Å². The van der Waals surface area contributed by atoms with E-state index in [9.17, 15) is 4.79 Å². The Morgan fingerprint density at radius 1 is 1.17 bits per heavy atom. The molecule has 2 aromatic rings. The van der Waals surface area contributed by atoms with Crippen LogP contribution >= 0.6 is 0 Å². The molecular weight excluding hydrogens is 368 g/mol. The van der Waals surface area contributed by atoms with Gasteiger partial charge in [0.2, 0.25) is 0 Å². The van der Waals surface area contributed by atoms with E-state index < -0.39 is 5.60 Å². The van der Waals surface area contributed by atoms with Gasteiger partial charge in [0.1, 0.15) is 11.4 Å². The third-order valence-corrected chi connectivity index (χ3v) is 4.57. The van der Waals surface area contributed by atoms with Crippen molar-refractivity contribution in [1.82, 2.24) is 9.88 Å². The number of carbonyl (C=O) groups is 1. The fourth-order valence-corrected chi connectivity index (χ4v) is 3.20. The summed E-state index contributed by atoms with van der Waals surface area (Å²) in [5.74, 6) is 2.01. The number of likely N-dealkylation sites (tertiary alicyclic amines) is 1. The first kappa shape index (κ1) is 21.0. The molecule has 1 aliphatic rings. The number of hydrogen-bond acceptors (Lipinski definition) is 5. The molecule has 6 heteroatoms. The highest BCUT2D eigenvalue weighted by Crippen LogP contribution is 2.30. The molecule has 2 heterocycles. The monoisotopic (exact) mass is 398 g/mol. The van der Waals surface area contributed by atoms with E-state index in [1.54, 1.807) is 4.90 Å². The number of rotatable bonds is 5. The second-order valence-corrected chi connectivity index (χ2v) is 8.42. The molecule has 0 spiro atoms. The summed E-state index contributed by atoms with van der Waals surface area (Å²) in [5.41, 5.74) is 0.370. The molecule has 6 nitrogen and oxygen atoms in total. The molecular formula is C23H30N2O4. The number of aromatic nitrogens is 1. The van der Waals surface area contributed by atoms with Crippen LogP contribution in [0.4, 0.5) is 4.79 Å². The van der Waals surface area contributed by atoms with Crippen LogP contribution in [0.1, 0.15) is 39.3 Å². The van der Waals surface area contributed by atoms with Crippen molar-refractivity contribution in [1.29, 1.82) is 0 Å². The van der Waals surface area contributed by atoms with Gasteiger partial charge < -0.3 is 19.1 Å². The van der Waals surface area contributed by atoms with Gasteiger partial charge in [-0.05, 0) is 64.8 Å². The lowest BCUT2D eigenvalue weighted by atomic mass is 9.99. The van der Waals surface area contributed by atoms with Gasteiger partial charge in [-0.15, -0.1) is 0 Å². The Morgan fingerprint density at radius 3 is 2.66 bits per heavy atom. The average Bonchev–Trinajstić information content (AvgIpc) is 2.67. The number of para-hydroxylation sites is 1. The van der Waals surface area contributed by atoms with Crippen molar-refractivity contribution in [2.24, 2.45) is 5.92 Å². The van der Waals surface area contributed by atoms with Crippen molar-refractivity contribution < 1.29 is 19.0 Å². The summed E-state index contributed by atoms with van der Waals surface area (Å²) in [4.78, 5) is 18.6. The van der Waals surface area contributed by atoms with Gasteiger partial charge in [-0.25, -0.2) is 9.78 Å². The van der Waals surface area contributed by atoms with E-state index >= 15 is 0 Å². The number of aryl methyl sites for hydroxylation is 1. The largest absolute Gasteiger partial charge is 0.488 e. The van der Waals surface area contributed by atoms with Gasteiger partial charge in [-0.2, -0.15) is 0 Å². The predicted molar refractivity (Wildman–Crippen MR) is 112 cm³/mol. The van der Waals surface area contributed by atoms with Crippen molar-refractivity contribution in [2.45, 2.75) is 46.1 Å². The fraction of sp³-hybridized carbons (Fsp3) is 0.478. The Kier molecular flexibility index (Phi) is 6.62. The van der Waals surface area contributed by atoms with Gasteiger partial charge in [-0.1, -0.05) is 18.2 Å². The summed E-state index contributed by atoms with van der Waals surface area (Å²) in [7, 11) is 0. The number of nitrogens with zero attached hydrogens (tertiary/aromatic N) is 2. The summed E-state index contributed by atoms with van der Waals surface area (Å²) < 4.78 is 17.5. The predicted octanol–water partition coefficient (Wildman–Crippen LogP) is 5.21. The summed E-state index contributed by atoms with van der Waals surface area (Å²) in [6.07, 6.45) is 1.69. The zero-order chi connectivity index (χ0) is 20.9. The summed E-state index contributed by atoms with van der Waals surface area (Å²) in [6.45, 7) is 9.41. The van der Waals surface area contributed by atoms with Crippen LogP contribution in [0.2, 0.25) is 0 Å². The normalized spacial score (nSPS) is 17.0. The molecule has 29 heavy (non-hydrogen) atoms. The van der Waals surface area contributed by atoms with Crippen LogP contribution in [0.5, 0.6) is 17.4 Å². The number of amides is 1. The molecule has 1 atom stereocenters. The van der Waals surface area contributed by atoms with E-state index in [0.29, 0.717) is 30.5 Å². The smallest absolute Gasteiger partial charge is 0.410 e. The summed E-state index contributed by atoms with van der Waals surface area (Å²) in [5, 5.41) is 0. The van der Waals surface area contributed by atoms with Crippen LogP contribution < -0.4 is 9.47 Å². The second-order valence-electron chi connectivity index (χ2n) is 8.42. The van der Waals surface area contributed by atoms with E-state index in [0.717, 1.165) is 25.1 Å². The van der Waals surface area contributed by atoms with Crippen LogP contribution in [0.15, 0.2) is 42.5 Å². The highest BCUT2D eigenvalue weighted by molar-refractivity contribution is 5.68. The van der Waals surface area contributed by atoms with Crippen molar-refractivity contribution in [2.75, 3.05) is 19.7 Å². The highest BCUT2D eigenvalue weighted by Gasteiger charge is 2.28. The number of hydrogen-bond donors (Lipinski definition) is 0. The minimum atomic E-state index is -0.488. The molecule has 156 valence electrons. The lowest BCUT2D eigenvalue weighted by Gasteiger charge is -2.34. The Hall–Kier alpha value is -2.76. The van der Waals surface area contributed by atoms with Gasteiger partial charge in [0.25, 0.3) is 5.88 Å². The van der Waals surface area contributed by atoms with E-state index in [-0.39, 0.29) is 12.0 Å². The minimum Gasteiger partial charge on any atom is -0.488 e. The summed E-state index contributed by atoms with van der Waals surface area (Å²) >= 11 is 0. The van der Waals surface area contributed by atoms with Crippen molar-refractivity contribution in [3.8, 4) is 17.4 Å². The molecule has 1 fully saturated rings. The van der Waals surface area contributed by atoms with E-state index in [2.05, 4.69) is 4.98 Å². The van der Waals surface area contributed by atoms with Gasteiger partial charge in [0.15, 0.2) is 5.75 Å². The lowest BCUT2D eigenvalue weighted by Crippen LogP contribution is -2.44. The first-order valence-corrected chi connectivity index (χ1v) is 10.1. The molecule has 1 saturated heterocycles. The Morgan fingerprint density at radius 2 is 1.93 bits per heavy atom. The molecule has 1 aliphatic heterocycles. The molecule has 1 amide bonds. The topological polar surface area (TPSA) is 60.9 Å². The van der Waals surface area contributed by atoms with Gasteiger partial charge in [0, 0.05) is 24.7 Å².